The molecule has 16 heavy (non-hydrogen) atoms. The predicted molar refractivity (Wildman–Crippen MR) is 60.4 cm³/mol. The Balaban J connectivity index is 2.20. The molecule has 0 spiro atoms. The normalized spacial score (nSPS) is 10.1. The Morgan fingerprint density at radius 1 is 1.50 bits per heavy atom. The van der Waals surface area contributed by atoms with Gasteiger partial charge in [0.15, 0.2) is 6.29 Å². The number of carbonyl (C=O) groups is 1. The summed E-state index contributed by atoms with van der Waals surface area (Å²) in [6.45, 7) is 0.661. The zero-order valence-electron chi connectivity index (χ0n) is 8.96. The van der Waals surface area contributed by atoms with Gasteiger partial charge < -0.3 is 9.32 Å². The number of anilines is 1. The van der Waals surface area contributed by atoms with E-state index in [0.29, 0.717) is 17.9 Å². The molecule has 0 unspecified atom stereocenters. The smallest absolute Gasteiger partial charge is 0.153 e. The van der Waals surface area contributed by atoms with E-state index in [1.54, 1.807) is 30.9 Å². The van der Waals surface area contributed by atoms with E-state index >= 15 is 0 Å². The summed E-state index contributed by atoms with van der Waals surface area (Å²) in [7, 11) is 1.89. The van der Waals surface area contributed by atoms with Crippen molar-refractivity contribution in [1.29, 1.82) is 0 Å². The van der Waals surface area contributed by atoms with Crippen LogP contribution in [0, 0.1) is 0 Å². The summed E-state index contributed by atoms with van der Waals surface area (Å²) in [6.07, 6.45) is 5.80. The molecule has 0 N–H and O–H groups in total. The maximum Gasteiger partial charge on any atom is 0.153 e. The van der Waals surface area contributed by atoms with Gasteiger partial charge in [-0.2, -0.15) is 0 Å². The average Bonchev–Trinajstić information content (AvgIpc) is 2.81. The molecular weight excluding hydrogens is 204 g/mol. The molecule has 0 saturated heterocycles. The Morgan fingerprint density at radius 3 is 3.06 bits per heavy atom. The van der Waals surface area contributed by atoms with E-state index in [1.807, 2.05) is 18.0 Å². The van der Waals surface area contributed by atoms with Crippen LogP contribution in [-0.4, -0.2) is 18.3 Å². The summed E-state index contributed by atoms with van der Waals surface area (Å²) >= 11 is 0. The van der Waals surface area contributed by atoms with Crippen LogP contribution in [0.2, 0.25) is 0 Å². The highest BCUT2D eigenvalue weighted by atomic mass is 16.3. The Labute approximate surface area is 93.5 Å². The van der Waals surface area contributed by atoms with Crippen LogP contribution >= 0.6 is 0 Å². The number of aromatic nitrogens is 1. The van der Waals surface area contributed by atoms with Gasteiger partial charge in [0.2, 0.25) is 0 Å². The minimum absolute atomic E-state index is 0.591. The summed E-state index contributed by atoms with van der Waals surface area (Å²) in [5, 5.41) is 0. The van der Waals surface area contributed by atoms with Gasteiger partial charge in [-0.15, -0.1) is 0 Å². The van der Waals surface area contributed by atoms with Crippen molar-refractivity contribution in [2.75, 3.05) is 11.9 Å². The molecular formula is C12H12N2O2. The van der Waals surface area contributed by atoms with Crippen molar-refractivity contribution in [3.8, 4) is 0 Å². The fourth-order valence-electron chi connectivity index (χ4n) is 1.55. The zero-order valence-corrected chi connectivity index (χ0v) is 8.96. The van der Waals surface area contributed by atoms with Crippen molar-refractivity contribution < 1.29 is 9.21 Å². The molecule has 0 saturated carbocycles. The van der Waals surface area contributed by atoms with E-state index in [1.165, 1.54) is 0 Å². The largest absolute Gasteiger partial charge is 0.472 e. The van der Waals surface area contributed by atoms with E-state index < -0.39 is 0 Å². The number of carbonyl (C=O) groups excluding carboxylic acids is 1. The van der Waals surface area contributed by atoms with Crippen molar-refractivity contribution in [3.63, 3.8) is 0 Å². The molecule has 82 valence electrons. The van der Waals surface area contributed by atoms with Crippen molar-refractivity contribution in [2.45, 2.75) is 6.54 Å². The monoisotopic (exact) mass is 216 g/mol. The first-order valence-electron chi connectivity index (χ1n) is 4.93. The van der Waals surface area contributed by atoms with Gasteiger partial charge in [0, 0.05) is 25.4 Å². The average molecular weight is 216 g/mol. The van der Waals surface area contributed by atoms with Crippen LogP contribution < -0.4 is 4.90 Å². The number of aldehydes is 1. The number of hydrogen-bond acceptors (Lipinski definition) is 4. The molecule has 0 aromatic carbocycles. The second kappa shape index (κ2) is 4.61. The Hall–Kier alpha value is -2.10. The molecule has 0 bridgehead atoms. The lowest BCUT2D eigenvalue weighted by Gasteiger charge is -2.18. The minimum atomic E-state index is 0.591. The third-order valence-corrected chi connectivity index (χ3v) is 2.31. The molecule has 2 heterocycles. The van der Waals surface area contributed by atoms with Gasteiger partial charge in [-0.05, 0) is 18.2 Å². The van der Waals surface area contributed by atoms with E-state index in [9.17, 15) is 4.79 Å². The molecule has 4 nitrogen and oxygen atoms in total. The zero-order chi connectivity index (χ0) is 11.4. The molecule has 2 aromatic heterocycles. The Morgan fingerprint density at radius 2 is 2.38 bits per heavy atom. The van der Waals surface area contributed by atoms with E-state index in [0.717, 1.165) is 11.8 Å². The van der Waals surface area contributed by atoms with Gasteiger partial charge in [-0.25, -0.2) is 4.98 Å². The van der Waals surface area contributed by atoms with Crippen LogP contribution in [0.15, 0.2) is 41.3 Å². The number of furan rings is 1. The van der Waals surface area contributed by atoms with E-state index in [2.05, 4.69) is 4.98 Å². The third-order valence-electron chi connectivity index (χ3n) is 2.31. The number of nitrogens with zero attached hydrogens (tertiary/aromatic N) is 2. The van der Waals surface area contributed by atoms with Crippen LogP contribution in [0.5, 0.6) is 0 Å². The summed E-state index contributed by atoms with van der Waals surface area (Å²) in [5.41, 5.74) is 1.64. The molecule has 2 rings (SSSR count). The highest BCUT2D eigenvalue weighted by Gasteiger charge is 2.08. The summed E-state index contributed by atoms with van der Waals surface area (Å²) in [5.74, 6) is 0.679. The first kappa shape index (κ1) is 10.4. The SMILES string of the molecule is CN(Cc1ccoc1)c1ncccc1C=O. The minimum Gasteiger partial charge on any atom is -0.472 e. The van der Waals surface area contributed by atoms with Crippen molar-refractivity contribution in [2.24, 2.45) is 0 Å². The lowest BCUT2D eigenvalue weighted by Crippen LogP contribution is -2.18. The maximum atomic E-state index is 10.8. The number of pyridine rings is 1. The van der Waals surface area contributed by atoms with Gasteiger partial charge in [0.1, 0.15) is 5.82 Å². The molecule has 0 fully saturated rings. The molecule has 0 aliphatic heterocycles. The molecule has 0 radical (unpaired) electrons. The highest BCUT2D eigenvalue weighted by molar-refractivity contribution is 5.82. The molecule has 0 aliphatic rings. The highest BCUT2D eigenvalue weighted by Crippen LogP contribution is 2.16. The molecule has 0 amide bonds. The Kier molecular flexibility index (Phi) is 3.00. The van der Waals surface area contributed by atoms with Crippen LogP contribution in [-0.2, 0) is 6.54 Å². The quantitative estimate of drug-likeness (QED) is 0.734. The second-order valence-electron chi connectivity index (χ2n) is 3.52. The molecule has 2 aromatic rings. The fourth-order valence-corrected chi connectivity index (χ4v) is 1.55. The van der Waals surface area contributed by atoms with Gasteiger partial charge in [0.05, 0.1) is 18.1 Å². The maximum absolute atomic E-state index is 10.8. The molecule has 0 atom stereocenters. The van der Waals surface area contributed by atoms with Crippen LogP contribution in [0.25, 0.3) is 0 Å². The summed E-state index contributed by atoms with van der Waals surface area (Å²) in [4.78, 5) is 17.0. The fraction of sp³-hybridized carbons (Fsp3) is 0.167. The lowest BCUT2D eigenvalue weighted by molar-refractivity contribution is 0.112. The second-order valence-corrected chi connectivity index (χ2v) is 3.52. The van der Waals surface area contributed by atoms with Crippen LogP contribution in [0.1, 0.15) is 15.9 Å². The molecule has 0 aliphatic carbocycles. The summed E-state index contributed by atoms with van der Waals surface area (Å²) < 4.78 is 4.99. The van der Waals surface area contributed by atoms with E-state index in [-0.39, 0.29) is 0 Å². The lowest BCUT2D eigenvalue weighted by atomic mass is 10.2. The molecule has 4 heteroatoms. The first-order chi connectivity index (χ1) is 7.81. The van der Waals surface area contributed by atoms with Gasteiger partial charge in [-0.3, -0.25) is 4.79 Å². The third kappa shape index (κ3) is 2.11. The van der Waals surface area contributed by atoms with Gasteiger partial charge >= 0.3 is 0 Å². The predicted octanol–water partition coefficient (Wildman–Crippen LogP) is 2.12. The Bertz CT molecular complexity index is 466. The van der Waals surface area contributed by atoms with Crippen molar-refractivity contribution in [1.82, 2.24) is 4.98 Å². The van der Waals surface area contributed by atoms with Gasteiger partial charge in [-0.1, -0.05) is 0 Å². The van der Waals surface area contributed by atoms with Crippen molar-refractivity contribution >= 4 is 12.1 Å². The van der Waals surface area contributed by atoms with E-state index in [4.69, 9.17) is 4.42 Å². The standard InChI is InChI=1S/C12H12N2O2/c1-14(7-10-4-6-16-9-10)12-11(8-15)3-2-5-13-12/h2-6,8-9H,7H2,1H3. The number of hydrogen-bond donors (Lipinski definition) is 0. The number of rotatable bonds is 4. The van der Waals surface area contributed by atoms with Crippen molar-refractivity contribution in [3.05, 3.63) is 48.0 Å². The topological polar surface area (TPSA) is 46.3 Å². The van der Waals surface area contributed by atoms with Crippen LogP contribution in [0.4, 0.5) is 5.82 Å². The van der Waals surface area contributed by atoms with Gasteiger partial charge in [0.25, 0.3) is 0 Å². The van der Waals surface area contributed by atoms with Crippen LogP contribution in [0.3, 0.4) is 0 Å². The summed E-state index contributed by atoms with van der Waals surface area (Å²) in [6, 6.07) is 5.39. The first-order valence-corrected chi connectivity index (χ1v) is 4.93.